The smallest absolute Gasteiger partial charge is 0.300 e. The summed E-state index contributed by atoms with van der Waals surface area (Å²) in [5.74, 6) is -1.82. The molecular weight excluding hydrogens is 423 g/mol. The lowest BCUT2D eigenvalue weighted by molar-refractivity contribution is -0.132. The van der Waals surface area contributed by atoms with E-state index >= 15 is 0 Å². The summed E-state index contributed by atoms with van der Waals surface area (Å²) in [6.45, 7) is 1.82. The van der Waals surface area contributed by atoms with Crippen LogP contribution in [0.4, 0.5) is 5.69 Å². The molecule has 0 radical (unpaired) electrons. The number of ketones is 1. The average molecular weight is 439 g/mol. The van der Waals surface area contributed by atoms with Crippen LogP contribution in [0.5, 0.6) is 0 Å². The number of amides is 1. The zero-order valence-corrected chi connectivity index (χ0v) is 17.4. The molecule has 1 amide bonds. The van der Waals surface area contributed by atoms with Gasteiger partial charge in [0.15, 0.2) is 0 Å². The van der Waals surface area contributed by atoms with Crippen LogP contribution in [0.1, 0.15) is 22.7 Å². The molecule has 0 spiro atoms. The number of hydrogen-bond donors (Lipinski definition) is 1. The molecule has 1 aliphatic rings. The van der Waals surface area contributed by atoms with Gasteiger partial charge in [-0.25, -0.2) is 0 Å². The fraction of sp³-hybridized carbons (Fsp3) is 0.0870. The van der Waals surface area contributed by atoms with Crippen LogP contribution in [-0.2, 0) is 9.59 Å². The van der Waals surface area contributed by atoms with Gasteiger partial charge in [0.25, 0.3) is 11.7 Å². The molecular formula is C23H16Cl2N2O3. The summed E-state index contributed by atoms with van der Waals surface area (Å²) in [6.07, 6.45) is 3.14. The molecule has 1 N–H and O–H groups in total. The molecule has 1 aliphatic heterocycles. The van der Waals surface area contributed by atoms with Crippen molar-refractivity contribution < 1.29 is 14.7 Å². The summed E-state index contributed by atoms with van der Waals surface area (Å²) in [7, 11) is 0. The minimum absolute atomic E-state index is 0.0205. The number of pyridine rings is 1. The highest BCUT2D eigenvalue weighted by Crippen LogP contribution is 2.43. The van der Waals surface area contributed by atoms with Gasteiger partial charge < -0.3 is 5.11 Å². The Bertz CT molecular complexity index is 1190. The van der Waals surface area contributed by atoms with Crippen LogP contribution in [0.15, 0.2) is 72.6 Å². The number of carbonyl (C=O) groups excluding carboxylic acids is 2. The molecule has 0 aliphatic carbocycles. The van der Waals surface area contributed by atoms with E-state index in [4.69, 9.17) is 23.2 Å². The molecule has 1 unspecified atom stereocenters. The summed E-state index contributed by atoms with van der Waals surface area (Å²) in [5.41, 5.74) is 2.22. The van der Waals surface area contributed by atoms with Gasteiger partial charge in [0.1, 0.15) is 5.76 Å². The molecule has 4 rings (SSSR count). The standard InChI is InChI=1S/C23H16Cl2N2O3/c1-13-5-6-17(25)12-18(13)27-20(14-7-9-26-10-8-14)19(22(29)23(27)30)21(28)15-3-2-4-16(24)11-15/h2-12,20,28H,1H3/b21-19+. The van der Waals surface area contributed by atoms with Crippen molar-refractivity contribution in [1.82, 2.24) is 4.98 Å². The lowest BCUT2D eigenvalue weighted by Crippen LogP contribution is -2.30. The number of aliphatic hydroxyl groups excluding tert-OH is 1. The Kier molecular flexibility index (Phi) is 5.33. The number of aryl methyl sites for hydroxylation is 1. The van der Waals surface area contributed by atoms with Crippen molar-refractivity contribution in [1.29, 1.82) is 0 Å². The molecule has 0 bridgehead atoms. The highest BCUT2D eigenvalue weighted by Gasteiger charge is 2.47. The first kappa shape index (κ1) is 20.1. The van der Waals surface area contributed by atoms with Crippen LogP contribution in [0.2, 0.25) is 10.0 Å². The summed E-state index contributed by atoms with van der Waals surface area (Å²) in [6, 6.07) is 14.2. The number of Topliss-reactive ketones (excluding diaryl/α,β-unsaturated/α-hetero) is 1. The maximum atomic E-state index is 13.1. The van der Waals surface area contributed by atoms with E-state index in [0.29, 0.717) is 26.9 Å². The first-order valence-corrected chi connectivity index (χ1v) is 9.87. The first-order chi connectivity index (χ1) is 14.4. The van der Waals surface area contributed by atoms with Crippen molar-refractivity contribution in [2.45, 2.75) is 13.0 Å². The number of nitrogens with zero attached hydrogens (tertiary/aromatic N) is 2. The highest BCUT2D eigenvalue weighted by molar-refractivity contribution is 6.52. The van der Waals surface area contributed by atoms with E-state index in [2.05, 4.69) is 4.98 Å². The van der Waals surface area contributed by atoms with Crippen molar-refractivity contribution in [3.05, 3.63) is 99.3 Å². The van der Waals surface area contributed by atoms with Gasteiger partial charge in [-0.05, 0) is 54.4 Å². The summed E-state index contributed by atoms with van der Waals surface area (Å²) >= 11 is 12.2. The van der Waals surface area contributed by atoms with Gasteiger partial charge in [-0.1, -0.05) is 41.4 Å². The van der Waals surface area contributed by atoms with E-state index in [1.165, 1.54) is 4.90 Å². The molecule has 3 aromatic rings. The van der Waals surface area contributed by atoms with Gasteiger partial charge in [-0.3, -0.25) is 19.5 Å². The van der Waals surface area contributed by atoms with Crippen LogP contribution >= 0.6 is 23.2 Å². The minimum atomic E-state index is -0.843. The SMILES string of the molecule is Cc1ccc(Cl)cc1N1C(=O)C(=O)/C(=C(/O)c2cccc(Cl)c2)C1c1ccncc1. The predicted octanol–water partition coefficient (Wildman–Crippen LogP) is 5.32. The van der Waals surface area contributed by atoms with Gasteiger partial charge in [-0.2, -0.15) is 0 Å². The number of carbonyl (C=O) groups is 2. The van der Waals surface area contributed by atoms with Gasteiger partial charge in [0.05, 0.1) is 11.6 Å². The number of anilines is 1. The number of benzene rings is 2. The third-order valence-electron chi connectivity index (χ3n) is 5.00. The zero-order valence-electron chi connectivity index (χ0n) is 15.8. The van der Waals surface area contributed by atoms with Crippen LogP contribution in [0.25, 0.3) is 5.76 Å². The van der Waals surface area contributed by atoms with Gasteiger partial charge in [-0.15, -0.1) is 0 Å². The van der Waals surface area contributed by atoms with Crippen LogP contribution in [-0.4, -0.2) is 21.8 Å². The van der Waals surface area contributed by atoms with Crippen molar-refractivity contribution in [2.75, 3.05) is 4.90 Å². The Balaban J connectivity index is 1.99. The molecule has 150 valence electrons. The number of rotatable bonds is 3. The Hall–Kier alpha value is -3.15. The lowest BCUT2D eigenvalue weighted by Gasteiger charge is -2.26. The van der Waals surface area contributed by atoms with Gasteiger partial charge in [0.2, 0.25) is 0 Å². The molecule has 7 heteroatoms. The lowest BCUT2D eigenvalue weighted by atomic mass is 9.95. The molecule has 5 nitrogen and oxygen atoms in total. The predicted molar refractivity (Wildman–Crippen MR) is 117 cm³/mol. The number of halogens is 2. The van der Waals surface area contributed by atoms with Gasteiger partial charge >= 0.3 is 0 Å². The maximum Gasteiger partial charge on any atom is 0.300 e. The topological polar surface area (TPSA) is 70.5 Å². The van der Waals surface area contributed by atoms with Crippen LogP contribution in [0.3, 0.4) is 0 Å². The molecule has 30 heavy (non-hydrogen) atoms. The van der Waals surface area contributed by atoms with E-state index in [1.54, 1.807) is 67.0 Å². The highest BCUT2D eigenvalue weighted by atomic mass is 35.5. The quantitative estimate of drug-likeness (QED) is 0.341. The van der Waals surface area contributed by atoms with Crippen molar-refractivity contribution in [3.63, 3.8) is 0 Å². The molecule has 2 aromatic carbocycles. The van der Waals surface area contributed by atoms with Crippen LogP contribution < -0.4 is 4.90 Å². The van der Waals surface area contributed by atoms with Gasteiger partial charge in [0, 0.05) is 33.7 Å². The second-order valence-corrected chi connectivity index (χ2v) is 7.76. The minimum Gasteiger partial charge on any atom is -0.507 e. The molecule has 1 saturated heterocycles. The number of hydrogen-bond acceptors (Lipinski definition) is 4. The van der Waals surface area contributed by atoms with E-state index in [9.17, 15) is 14.7 Å². The Morgan fingerprint density at radius 3 is 2.40 bits per heavy atom. The van der Waals surface area contributed by atoms with Crippen molar-refractivity contribution in [2.24, 2.45) is 0 Å². The molecule has 2 heterocycles. The Labute approximate surface area is 183 Å². The average Bonchev–Trinajstić information content (AvgIpc) is 3.00. The first-order valence-electron chi connectivity index (χ1n) is 9.11. The van der Waals surface area contributed by atoms with E-state index in [1.807, 2.05) is 6.92 Å². The Morgan fingerprint density at radius 1 is 1.00 bits per heavy atom. The molecule has 1 aromatic heterocycles. The molecule has 0 saturated carbocycles. The summed E-state index contributed by atoms with van der Waals surface area (Å²) in [4.78, 5) is 31.6. The largest absolute Gasteiger partial charge is 0.507 e. The summed E-state index contributed by atoms with van der Waals surface area (Å²) < 4.78 is 0. The molecule has 1 fully saturated rings. The van der Waals surface area contributed by atoms with E-state index in [-0.39, 0.29) is 11.3 Å². The summed E-state index contributed by atoms with van der Waals surface area (Å²) in [5, 5.41) is 11.9. The second kappa shape index (κ2) is 7.94. The third kappa shape index (κ3) is 3.47. The second-order valence-electron chi connectivity index (χ2n) is 6.89. The Morgan fingerprint density at radius 2 is 1.70 bits per heavy atom. The monoisotopic (exact) mass is 438 g/mol. The fourth-order valence-corrected chi connectivity index (χ4v) is 3.93. The molecule has 1 atom stereocenters. The third-order valence-corrected chi connectivity index (χ3v) is 5.47. The normalized spacial score (nSPS) is 18.1. The van der Waals surface area contributed by atoms with E-state index < -0.39 is 17.7 Å². The van der Waals surface area contributed by atoms with Crippen LogP contribution in [0, 0.1) is 6.92 Å². The van der Waals surface area contributed by atoms with Crippen molar-refractivity contribution >= 4 is 46.3 Å². The number of aromatic nitrogens is 1. The number of aliphatic hydroxyl groups is 1. The van der Waals surface area contributed by atoms with Crippen molar-refractivity contribution in [3.8, 4) is 0 Å². The fourth-order valence-electron chi connectivity index (χ4n) is 3.58. The maximum absolute atomic E-state index is 13.1. The van der Waals surface area contributed by atoms with E-state index in [0.717, 1.165) is 5.56 Å². The zero-order chi connectivity index (χ0) is 21.4.